The van der Waals surface area contributed by atoms with Crippen LogP contribution in [-0.4, -0.2) is 14.5 Å². The van der Waals surface area contributed by atoms with Gasteiger partial charge in [-0.2, -0.15) is 0 Å². The van der Waals surface area contributed by atoms with E-state index in [1.54, 1.807) is 0 Å². The van der Waals surface area contributed by atoms with Crippen LogP contribution in [0.15, 0.2) is 0 Å². The van der Waals surface area contributed by atoms with E-state index in [9.17, 15) is 0 Å². The quantitative estimate of drug-likeness (QED) is 0.428. The van der Waals surface area contributed by atoms with Crippen LogP contribution in [0.2, 0.25) is 0 Å². The normalized spacial score (nSPS) is 10.6. The zero-order chi connectivity index (χ0) is 7.11. The number of hydrogen-bond donors (Lipinski definition) is 1. The number of hydrogen-bond acceptors (Lipinski definition) is 1. The van der Waals surface area contributed by atoms with E-state index < -0.39 is 0 Å². The van der Waals surface area contributed by atoms with Crippen molar-refractivity contribution in [3.63, 3.8) is 0 Å². The van der Waals surface area contributed by atoms with Gasteiger partial charge in [-0.25, -0.2) is 0 Å². The highest BCUT2D eigenvalue weighted by Crippen LogP contribution is 2.04. The summed E-state index contributed by atoms with van der Waals surface area (Å²) >= 11 is 0. The lowest BCUT2D eigenvalue weighted by atomic mass is 10.1. The van der Waals surface area contributed by atoms with Crippen molar-refractivity contribution in [1.82, 2.24) is 5.23 Å². The molecule has 0 aromatic carbocycles. The first-order valence-corrected chi connectivity index (χ1v) is 3.92. The molecule has 2 heteroatoms. The molecule has 1 nitrogen and oxygen atoms in total. The smallest absolute Gasteiger partial charge is 0.181 e. The maximum Gasteiger partial charge on any atom is 0.181 e. The van der Waals surface area contributed by atoms with Crippen LogP contribution in [0.5, 0.6) is 0 Å². The van der Waals surface area contributed by atoms with Gasteiger partial charge in [-0.1, -0.05) is 26.7 Å². The van der Waals surface area contributed by atoms with Gasteiger partial charge in [-0.3, -0.25) is 0 Å². The Morgan fingerprint density at radius 2 is 2.00 bits per heavy atom. The van der Waals surface area contributed by atoms with Gasteiger partial charge in [-0.15, -0.1) is 0 Å². The van der Waals surface area contributed by atoms with Gasteiger partial charge in [0.25, 0.3) is 0 Å². The number of rotatable bonds is 5. The van der Waals surface area contributed by atoms with Crippen LogP contribution in [-0.2, 0) is 0 Å². The van der Waals surface area contributed by atoms with E-state index in [0.29, 0.717) is 0 Å². The van der Waals surface area contributed by atoms with Crippen molar-refractivity contribution >= 4 is 7.98 Å². The zero-order valence-electron chi connectivity index (χ0n) is 6.91. The van der Waals surface area contributed by atoms with Gasteiger partial charge in [0, 0.05) is 0 Å². The van der Waals surface area contributed by atoms with Crippen LogP contribution in [0.4, 0.5) is 0 Å². The summed E-state index contributed by atoms with van der Waals surface area (Å²) in [6, 6.07) is 0. The highest BCUT2D eigenvalue weighted by molar-refractivity contribution is 6.04. The van der Waals surface area contributed by atoms with Crippen LogP contribution in [0.3, 0.4) is 0 Å². The second-order valence-corrected chi connectivity index (χ2v) is 2.99. The number of unbranched alkanes of at least 4 members (excludes halogenated alkanes) is 1. The van der Waals surface area contributed by atoms with E-state index in [1.165, 1.54) is 25.8 Å². The third-order valence-corrected chi connectivity index (χ3v) is 1.46. The molecule has 1 N–H and O–H groups in total. The topological polar surface area (TPSA) is 12.0 Å². The van der Waals surface area contributed by atoms with Crippen molar-refractivity contribution in [2.24, 2.45) is 5.92 Å². The summed E-state index contributed by atoms with van der Waals surface area (Å²) in [7, 11) is 2.01. The first-order valence-electron chi connectivity index (χ1n) is 3.92. The van der Waals surface area contributed by atoms with Gasteiger partial charge < -0.3 is 5.23 Å². The average Bonchev–Trinajstić information content (AvgIpc) is 1.80. The number of nitrogens with one attached hydrogen (secondary N) is 1. The Bertz CT molecular complexity index is 54.9. The fourth-order valence-electron chi connectivity index (χ4n) is 0.854. The average molecular weight is 127 g/mol. The highest BCUT2D eigenvalue weighted by Gasteiger charge is 1.91. The molecule has 0 aliphatic heterocycles. The second kappa shape index (κ2) is 6.15. The predicted molar refractivity (Wildman–Crippen MR) is 45.2 cm³/mol. The highest BCUT2D eigenvalue weighted by atomic mass is 14.7. The van der Waals surface area contributed by atoms with Crippen LogP contribution in [0, 0.1) is 5.92 Å². The van der Waals surface area contributed by atoms with Gasteiger partial charge in [0.05, 0.1) is 0 Å². The SMILES string of the molecule is BNCCCCC(C)C. The van der Waals surface area contributed by atoms with Gasteiger partial charge >= 0.3 is 0 Å². The third-order valence-electron chi connectivity index (χ3n) is 1.46. The minimum atomic E-state index is 0.877. The van der Waals surface area contributed by atoms with E-state index >= 15 is 0 Å². The zero-order valence-corrected chi connectivity index (χ0v) is 6.91. The Morgan fingerprint density at radius 3 is 2.44 bits per heavy atom. The molecule has 0 saturated heterocycles. The van der Waals surface area contributed by atoms with Gasteiger partial charge in [0.15, 0.2) is 7.98 Å². The Hall–Kier alpha value is 0.0249. The summed E-state index contributed by atoms with van der Waals surface area (Å²) in [4.78, 5) is 0. The van der Waals surface area contributed by atoms with Crippen LogP contribution in [0.25, 0.3) is 0 Å². The van der Waals surface area contributed by atoms with Gasteiger partial charge in [0.2, 0.25) is 0 Å². The van der Waals surface area contributed by atoms with Crippen molar-refractivity contribution in [2.45, 2.75) is 33.1 Å². The van der Waals surface area contributed by atoms with E-state index in [0.717, 1.165) is 5.92 Å². The molecule has 0 aliphatic rings. The molecule has 0 atom stereocenters. The summed E-state index contributed by atoms with van der Waals surface area (Å²) < 4.78 is 0. The molecular weight excluding hydrogens is 109 g/mol. The molecular formula is C7H18BN. The molecule has 0 aliphatic carbocycles. The van der Waals surface area contributed by atoms with Crippen molar-refractivity contribution in [3.8, 4) is 0 Å². The van der Waals surface area contributed by atoms with Crippen molar-refractivity contribution in [1.29, 1.82) is 0 Å². The monoisotopic (exact) mass is 127 g/mol. The van der Waals surface area contributed by atoms with Gasteiger partial charge in [-0.05, 0) is 18.9 Å². The second-order valence-electron chi connectivity index (χ2n) is 2.99. The Kier molecular flexibility index (Phi) is 6.17. The first-order chi connectivity index (χ1) is 4.27. The maximum atomic E-state index is 3.14. The van der Waals surface area contributed by atoms with Crippen molar-refractivity contribution in [2.75, 3.05) is 6.54 Å². The van der Waals surface area contributed by atoms with Crippen LogP contribution < -0.4 is 5.23 Å². The fraction of sp³-hybridized carbons (Fsp3) is 1.00. The molecule has 0 unspecified atom stereocenters. The fourth-order valence-corrected chi connectivity index (χ4v) is 0.854. The van der Waals surface area contributed by atoms with Crippen molar-refractivity contribution in [3.05, 3.63) is 0 Å². The lowest BCUT2D eigenvalue weighted by molar-refractivity contribution is 0.537. The predicted octanol–water partition coefficient (Wildman–Crippen LogP) is 0.950. The summed E-state index contributed by atoms with van der Waals surface area (Å²) in [5, 5.41) is 3.14. The van der Waals surface area contributed by atoms with Crippen molar-refractivity contribution < 1.29 is 0 Å². The molecule has 0 amide bonds. The molecule has 0 radical (unpaired) electrons. The Morgan fingerprint density at radius 1 is 1.33 bits per heavy atom. The largest absolute Gasteiger partial charge is 0.362 e. The standard InChI is InChI=1S/C7H18BN/c1-7(2)5-3-4-6-9-8/h7,9H,3-6,8H2,1-2H3. The summed E-state index contributed by atoms with van der Waals surface area (Å²) in [6.07, 6.45) is 4.08. The molecule has 0 heterocycles. The summed E-state index contributed by atoms with van der Waals surface area (Å²) in [5.41, 5.74) is 0. The van der Waals surface area contributed by atoms with E-state index in [2.05, 4.69) is 19.1 Å². The van der Waals surface area contributed by atoms with E-state index in [4.69, 9.17) is 0 Å². The molecule has 0 aromatic rings. The first kappa shape index (κ1) is 9.02. The lowest BCUT2D eigenvalue weighted by Gasteiger charge is -2.02. The maximum absolute atomic E-state index is 3.14. The Labute approximate surface area is 59.7 Å². The molecule has 0 bridgehead atoms. The minimum absolute atomic E-state index is 0.877. The van der Waals surface area contributed by atoms with E-state index in [1.807, 2.05) is 7.98 Å². The Balaban J connectivity index is 2.75. The third kappa shape index (κ3) is 8.02. The molecule has 54 valence electrons. The molecule has 0 fully saturated rings. The molecule has 0 aromatic heterocycles. The minimum Gasteiger partial charge on any atom is -0.362 e. The van der Waals surface area contributed by atoms with Crippen LogP contribution in [0.1, 0.15) is 33.1 Å². The molecule has 9 heavy (non-hydrogen) atoms. The summed E-state index contributed by atoms with van der Waals surface area (Å²) in [5.74, 6) is 0.877. The van der Waals surface area contributed by atoms with Crippen LogP contribution >= 0.6 is 0 Å². The lowest BCUT2D eigenvalue weighted by Crippen LogP contribution is -2.09. The summed E-state index contributed by atoms with van der Waals surface area (Å²) in [6.45, 7) is 5.73. The molecule has 0 spiro atoms. The molecule has 0 saturated carbocycles. The molecule has 0 rings (SSSR count). The van der Waals surface area contributed by atoms with Gasteiger partial charge in [0.1, 0.15) is 0 Å². The van der Waals surface area contributed by atoms with E-state index in [-0.39, 0.29) is 0 Å².